The third-order valence-corrected chi connectivity index (χ3v) is 3.32. The molecule has 2 aromatic heterocycles. The van der Waals surface area contributed by atoms with Crippen molar-refractivity contribution in [3.63, 3.8) is 0 Å². The van der Waals surface area contributed by atoms with E-state index in [1.807, 2.05) is 31.4 Å². The van der Waals surface area contributed by atoms with Crippen LogP contribution in [-0.4, -0.2) is 19.6 Å². The number of phenols is 1. The molecule has 1 N–H and O–H groups in total. The molecular weight excluding hydrogens is 269 g/mol. The zero-order valence-corrected chi connectivity index (χ0v) is 12.1. The molecule has 0 saturated heterocycles. The lowest BCUT2D eigenvalue weighted by Gasteiger charge is -2.24. The van der Waals surface area contributed by atoms with Crippen molar-refractivity contribution in [1.82, 2.24) is 14.5 Å². The fourth-order valence-electron chi connectivity index (χ4n) is 2.48. The smallest absolute Gasteiger partial charge is 0.144 e. The molecule has 0 unspecified atom stereocenters. The van der Waals surface area contributed by atoms with Crippen molar-refractivity contribution >= 4 is 11.0 Å². The number of nitrogens with zero attached hydrogens (tertiary/aromatic N) is 3. The summed E-state index contributed by atoms with van der Waals surface area (Å²) < 4.78 is 16.2. The van der Waals surface area contributed by atoms with Crippen LogP contribution in [0.3, 0.4) is 0 Å². The van der Waals surface area contributed by atoms with E-state index >= 15 is 0 Å². The topological polar surface area (TPSA) is 50.9 Å². The van der Waals surface area contributed by atoms with Gasteiger partial charge in [-0.05, 0) is 39.0 Å². The van der Waals surface area contributed by atoms with Crippen molar-refractivity contribution in [2.24, 2.45) is 0 Å². The fraction of sp³-hybridized carbons (Fsp3) is 0.250. The normalized spacial score (nSPS) is 12.0. The number of phenolic OH excluding ortho intramolecular Hbond substituents is 1. The Morgan fingerprint density at radius 1 is 1.19 bits per heavy atom. The van der Waals surface area contributed by atoms with Gasteiger partial charge in [-0.25, -0.2) is 9.37 Å². The van der Waals surface area contributed by atoms with Gasteiger partial charge in [-0.1, -0.05) is 0 Å². The van der Waals surface area contributed by atoms with Crippen molar-refractivity contribution < 1.29 is 9.50 Å². The highest BCUT2D eigenvalue weighted by Gasteiger charge is 2.24. The SMILES string of the molecule is CC(C)(C)n1c(-c2ccc(O)cc2F)nc2cnccc21. The lowest BCUT2D eigenvalue weighted by atomic mass is 10.1. The molecule has 21 heavy (non-hydrogen) atoms. The Bertz CT molecular complexity index is 818. The van der Waals surface area contributed by atoms with Crippen LogP contribution in [-0.2, 0) is 5.54 Å². The molecule has 2 heterocycles. The molecule has 0 bridgehead atoms. The summed E-state index contributed by atoms with van der Waals surface area (Å²) >= 11 is 0. The maximum atomic E-state index is 14.2. The predicted octanol–water partition coefficient (Wildman–Crippen LogP) is 3.70. The average molecular weight is 285 g/mol. The van der Waals surface area contributed by atoms with Crippen molar-refractivity contribution in [2.45, 2.75) is 26.3 Å². The molecule has 0 radical (unpaired) electrons. The van der Waals surface area contributed by atoms with Gasteiger partial charge in [-0.15, -0.1) is 0 Å². The first-order chi connectivity index (χ1) is 9.88. The number of aromatic hydroxyl groups is 1. The van der Waals surface area contributed by atoms with Crippen LogP contribution in [0.4, 0.5) is 4.39 Å². The second-order valence-electron chi connectivity index (χ2n) is 5.97. The molecule has 0 aliphatic rings. The number of benzene rings is 1. The molecule has 0 aliphatic carbocycles. The molecule has 0 fully saturated rings. The number of halogens is 1. The largest absolute Gasteiger partial charge is 0.508 e. The highest BCUT2D eigenvalue weighted by Crippen LogP contribution is 2.32. The van der Waals surface area contributed by atoms with Gasteiger partial charge in [-0.2, -0.15) is 0 Å². The van der Waals surface area contributed by atoms with Crippen molar-refractivity contribution in [3.05, 3.63) is 42.5 Å². The molecule has 4 nitrogen and oxygen atoms in total. The number of fused-ring (bicyclic) bond motifs is 1. The van der Waals surface area contributed by atoms with Crippen LogP contribution >= 0.6 is 0 Å². The molecule has 0 saturated carbocycles. The van der Waals surface area contributed by atoms with E-state index in [9.17, 15) is 9.50 Å². The molecule has 1 aromatic carbocycles. The molecular formula is C16H16FN3O. The maximum absolute atomic E-state index is 14.2. The highest BCUT2D eigenvalue weighted by molar-refractivity contribution is 5.80. The Morgan fingerprint density at radius 2 is 1.95 bits per heavy atom. The summed E-state index contributed by atoms with van der Waals surface area (Å²) in [4.78, 5) is 8.59. The van der Waals surface area contributed by atoms with E-state index in [0.29, 0.717) is 11.4 Å². The standard InChI is InChI=1S/C16H16FN3O/c1-16(2,3)20-14-6-7-18-9-13(14)19-15(20)11-5-4-10(21)8-12(11)17/h4-9,21H,1-3H3. The zero-order valence-electron chi connectivity index (χ0n) is 12.1. The Balaban J connectivity index is 2.37. The van der Waals surface area contributed by atoms with E-state index < -0.39 is 5.82 Å². The summed E-state index contributed by atoms with van der Waals surface area (Å²) in [6.07, 6.45) is 3.36. The number of aromatic nitrogens is 3. The van der Waals surface area contributed by atoms with Gasteiger partial charge in [0.15, 0.2) is 0 Å². The van der Waals surface area contributed by atoms with Crippen LogP contribution < -0.4 is 0 Å². The van der Waals surface area contributed by atoms with Crippen molar-refractivity contribution in [1.29, 1.82) is 0 Å². The Morgan fingerprint density at radius 3 is 2.62 bits per heavy atom. The van der Waals surface area contributed by atoms with Crippen molar-refractivity contribution in [3.8, 4) is 17.1 Å². The minimum Gasteiger partial charge on any atom is -0.508 e. The Kier molecular flexibility index (Phi) is 2.93. The average Bonchev–Trinajstić information content (AvgIpc) is 2.77. The second kappa shape index (κ2) is 4.55. The van der Waals surface area contributed by atoms with E-state index in [1.165, 1.54) is 6.07 Å². The molecule has 3 rings (SSSR count). The first kappa shape index (κ1) is 13.5. The summed E-state index contributed by atoms with van der Waals surface area (Å²) in [5, 5.41) is 9.38. The third-order valence-electron chi connectivity index (χ3n) is 3.32. The summed E-state index contributed by atoms with van der Waals surface area (Å²) in [6.45, 7) is 6.11. The molecule has 0 aliphatic heterocycles. The van der Waals surface area contributed by atoms with Crippen LogP contribution in [0.2, 0.25) is 0 Å². The van der Waals surface area contributed by atoms with Gasteiger partial charge in [-0.3, -0.25) is 4.98 Å². The summed E-state index contributed by atoms with van der Waals surface area (Å²) in [7, 11) is 0. The molecule has 0 atom stereocenters. The van der Waals surface area contributed by atoms with E-state index in [4.69, 9.17) is 0 Å². The minimum atomic E-state index is -0.497. The summed E-state index contributed by atoms with van der Waals surface area (Å²) in [6, 6.07) is 5.97. The molecule has 5 heteroatoms. The number of rotatable bonds is 1. The maximum Gasteiger partial charge on any atom is 0.144 e. The first-order valence-corrected chi connectivity index (χ1v) is 6.70. The second-order valence-corrected chi connectivity index (χ2v) is 5.97. The molecule has 108 valence electrons. The van der Waals surface area contributed by atoms with Gasteiger partial charge in [0, 0.05) is 17.8 Å². The minimum absolute atomic E-state index is 0.101. The fourth-order valence-corrected chi connectivity index (χ4v) is 2.48. The molecule has 0 spiro atoms. The first-order valence-electron chi connectivity index (χ1n) is 6.70. The highest BCUT2D eigenvalue weighted by atomic mass is 19.1. The van der Waals surface area contributed by atoms with Crippen molar-refractivity contribution in [2.75, 3.05) is 0 Å². The van der Waals surface area contributed by atoms with E-state index in [1.54, 1.807) is 18.5 Å². The molecule has 0 amide bonds. The monoisotopic (exact) mass is 285 g/mol. The lowest BCUT2D eigenvalue weighted by molar-refractivity contribution is 0.412. The van der Waals surface area contributed by atoms with Gasteiger partial charge < -0.3 is 9.67 Å². The van der Waals surface area contributed by atoms with Gasteiger partial charge in [0.25, 0.3) is 0 Å². The Labute approximate surface area is 121 Å². The van der Waals surface area contributed by atoms with Gasteiger partial charge in [0.1, 0.15) is 22.9 Å². The van der Waals surface area contributed by atoms with Crippen LogP contribution in [0.15, 0.2) is 36.7 Å². The van der Waals surface area contributed by atoms with Gasteiger partial charge in [0.2, 0.25) is 0 Å². The number of hydrogen-bond acceptors (Lipinski definition) is 3. The molecule has 3 aromatic rings. The quantitative estimate of drug-likeness (QED) is 0.741. The van der Waals surface area contributed by atoms with E-state index in [0.717, 1.165) is 17.1 Å². The van der Waals surface area contributed by atoms with Crippen LogP contribution in [0.25, 0.3) is 22.4 Å². The number of hydrogen-bond donors (Lipinski definition) is 1. The number of imidazole rings is 1. The van der Waals surface area contributed by atoms with Crippen LogP contribution in [0, 0.1) is 5.82 Å². The third kappa shape index (κ3) is 2.24. The number of pyridine rings is 1. The predicted molar refractivity (Wildman–Crippen MR) is 79.6 cm³/mol. The van der Waals surface area contributed by atoms with Crippen LogP contribution in [0.1, 0.15) is 20.8 Å². The van der Waals surface area contributed by atoms with Gasteiger partial charge >= 0.3 is 0 Å². The van der Waals surface area contributed by atoms with E-state index in [-0.39, 0.29) is 11.3 Å². The summed E-state index contributed by atoms with van der Waals surface area (Å²) in [5.74, 6) is -0.0666. The van der Waals surface area contributed by atoms with Crippen LogP contribution in [0.5, 0.6) is 5.75 Å². The summed E-state index contributed by atoms with van der Waals surface area (Å²) in [5.41, 5.74) is 1.71. The van der Waals surface area contributed by atoms with E-state index in [2.05, 4.69) is 9.97 Å². The lowest BCUT2D eigenvalue weighted by Crippen LogP contribution is -2.22. The van der Waals surface area contributed by atoms with Gasteiger partial charge in [0.05, 0.1) is 17.3 Å². The zero-order chi connectivity index (χ0) is 15.2. The Hall–Kier alpha value is -2.43.